The second kappa shape index (κ2) is 4.08. The maximum absolute atomic E-state index is 4.55. The minimum Gasteiger partial charge on any atom is -0.223 e. The molecule has 2 heterocycles. The summed E-state index contributed by atoms with van der Waals surface area (Å²) < 4.78 is 4.51. The first kappa shape index (κ1) is 10.3. The van der Waals surface area contributed by atoms with E-state index in [-0.39, 0.29) is 0 Å². The first-order valence-electron chi connectivity index (χ1n) is 4.12. The van der Waals surface area contributed by atoms with Gasteiger partial charge in [-0.3, -0.25) is 0 Å². The van der Waals surface area contributed by atoms with E-state index in [1.807, 2.05) is 7.05 Å². The van der Waals surface area contributed by atoms with E-state index in [1.165, 1.54) is 9.60 Å². The predicted octanol–water partition coefficient (Wildman–Crippen LogP) is 2.56. The molecule has 0 aliphatic heterocycles. The van der Waals surface area contributed by atoms with Gasteiger partial charge in [0.1, 0.15) is 12.6 Å². The fourth-order valence-electron chi connectivity index (χ4n) is 1.28. The highest BCUT2D eigenvalue weighted by atomic mass is 32.2. The summed E-state index contributed by atoms with van der Waals surface area (Å²) in [6.07, 6.45) is 8.39. The number of aromatic nitrogens is 2. The lowest BCUT2D eigenvalue weighted by Crippen LogP contribution is -2.26. The third kappa shape index (κ3) is 1.76. The SMILES string of the molecule is CSc1nc2c[n+](C)cc(SC)c2s1. The van der Waals surface area contributed by atoms with Crippen molar-refractivity contribution in [2.75, 3.05) is 12.5 Å². The van der Waals surface area contributed by atoms with E-state index >= 15 is 0 Å². The highest BCUT2D eigenvalue weighted by Crippen LogP contribution is 2.33. The Bertz CT molecular complexity index is 464. The Morgan fingerprint density at radius 2 is 2.07 bits per heavy atom. The van der Waals surface area contributed by atoms with E-state index in [2.05, 4.69) is 34.5 Å². The molecule has 2 rings (SSSR count). The lowest BCUT2D eigenvalue weighted by atomic mass is 10.4. The fourth-order valence-corrected chi connectivity index (χ4v) is 3.67. The molecule has 0 spiro atoms. The molecule has 74 valence electrons. The van der Waals surface area contributed by atoms with Gasteiger partial charge >= 0.3 is 0 Å². The van der Waals surface area contributed by atoms with Gasteiger partial charge in [-0.05, 0) is 12.5 Å². The zero-order valence-electron chi connectivity index (χ0n) is 8.27. The van der Waals surface area contributed by atoms with Crippen LogP contribution in [0.2, 0.25) is 0 Å². The van der Waals surface area contributed by atoms with Gasteiger partial charge in [0.25, 0.3) is 0 Å². The van der Waals surface area contributed by atoms with Crippen LogP contribution in [0.15, 0.2) is 21.6 Å². The maximum atomic E-state index is 4.55. The van der Waals surface area contributed by atoms with Crippen LogP contribution in [0.1, 0.15) is 0 Å². The summed E-state index contributed by atoms with van der Waals surface area (Å²) in [5.74, 6) is 0. The van der Waals surface area contributed by atoms with Crippen LogP contribution >= 0.6 is 34.9 Å². The van der Waals surface area contributed by atoms with E-state index in [0.717, 1.165) is 9.86 Å². The molecule has 0 atom stereocenters. The van der Waals surface area contributed by atoms with Crippen LogP contribution < -0.4 is 4.57 Å². The van der Waals surface area contributed by atoms with Crippen LogP contribution in [-0.2, 0) is 7.05 Å². The molecule has 0 aromatic carbocycles. The zero-order valence-corrected chi connectivity index (χ0v) is 10.7. The van der Waals surface area contributed by atoms with Crippen molar-refractivity contribution in [2.24, 2.45) is 7.05 Å². The molecule has 0 bridgehead atoms. The normalized spacial score (nSPS) is 11.1. The van der Waals surface area contributed by atoms with E-state index in [0.29, 0.717) is 0 Å². The second-order valence-corrected chi connectivity index (χ2v) is 5.79. The Hall–Kier alpha value is -0.260. The van der Waals surface area contributed by atoms with Gasteiger partial charge in [0.15, 0.2) is 16.7 Å². The Labute approximate surface area is 95.7 Å². The molecule has 0 N–H and O–H groups in total. The van der Waals surface area contributed by atoms with Gasteiger partial charge in [0.2, 0.25) is 0 Å². The van der Waals surface area contributed by atoms with Gasteiger partial charge < -0.3 is 0 Å². The van der Waals surface area contributed by atoms with Crippen molar-refractivity contribution >= 4 is 45.1 Å². The molecule has 0 saturated carbocycles. The average molecular weight is 243 g/mol. The summed E-state index contributed by atoms with van der Waals surface area (Å²) in [5, 5.41) is 0. The highest BCUT2D eigenvalue weighted by molar-refractivity contribution is 8.00. The predicted molar refractivity (Wildman–Crippen MR) is 64.4 cm³/mol. The topological polar surface area (TPSA) is 16.8 Å². The van der Waals surface area contributed by atoms with Crippen molar-refractivity contribution in [3.8, 4) is 0 Å². The van der Waals surface area contributed by atoms with E-state index in [9.17, 15) is 0 Å². The number of nitrogens with zero attached hydrogens (tertiary/aromatic N) is 2. The smallest absolute Gasteiger partial charge is 0.196 e. The molecular weight excluding hydrogens is 232 g/mol. The summed E-state index contributed by atoms with van der Waals surface area (Å²) in [5.41, 5.74) is 1.11. The van der Waals surface area contributed by atoms with Gasteiger partial charge in [-0.2, -0.15) is 0 Å². The van der Waals surface area contributed by atoms with Crippen LogP contribution in [0.3, 0.4) is 0 Å². The molecule has 0 aliphatic carbocycles. The first-order chi connectivity index (χ1) is 6.74. The molecule has 2 aromatic heterocycles. The molecule has 0 saturated heterocycles. The molecule has 2 aromatic rings. The number of thiazole rings is 1. The zero-order chi connectivity index (χ0) is 10.1. The average Bonchev–Trinajstić information content (AvgIpc) is 2.59. The third-order valence-corrected chi connectivity index (χ3v) is 4.87. The molecule has 2 nitrogen and oxygen atoms in total. The van der Waals surface area contributed by atoms with Crippen LogP contribution in [0.5, 0.6) is 0 Å². The van der Waals surface area contributed by atoms with Crippen molar-refractivity contribution in [3.63, 3.8) is 0 Å². The quantitative estimate of drug-likeness (QED) is 0.596. The molecule has 0 amide bonds. The van der Waals surface area contributed by atoms with Crippen LogP contribution in [0.25, 0.3) is 10.2 Å². The summed E-state index contributed by atoms with van der Waals surface area (Å²) in [6.45, 7) is 0. The number of pyridine rings is 1. The van der Waals surface area contributed by atoms with Crippen LogP contribution in [-0.4, -0.2) is 17.5 Å². The van der Waals surface area contributed by atoms with Crippen molar-refractivity contribution in [3.05, 3.63) is 12.4 Å². The monoisotopic (exact) mass is 243 g/mol. The number of hydrogen-bond donors (Lipinski definition) is 0. The molecule has 0 unspecified atom stereocenters. The van der Waals surface area contributed by atoms with Crippen LogP contribution in [0, 0.1) is 0 Å². The Morgan fingerprint density at radius 1 is 1.29 bits per heavy atom. The van der Waals surface area contributed by atoms with Gasteiger partial charge in [-0.1, -0.05) is 11.8 Å². The Morgan fingerprint density at radius 3 is 2.71 bits per heavy atom. The highest BCUT2D eigenvalue weighted by Gasteiger charge is 2.12. The lowest BCUT2D eigenvalue weighted by Gasteiger charge is -1.94. The van der Waals surface area contributed by atoms with Gasteiger partial charge in [-0.25, -0.2) is 9.55 Å². The molecular formula is C9H11N2S3+. The number of rotatable bonds is 2. The Kier molecular flexibility index (Phi) is 2.99. The Balaban J connectivity index is 2.71. The van der Waals surface area contributed by atoms with E-state index in [4.69, 9.17) is 0 Å². The van der Waals surface area contributed by atoms with Crippen LogP contribution in [0.4, 0.5) is 0 Å². The fraction of sp³-hybridized carbons (Fsp3) is 0.333. The number of fused-ring (bicyclic) bond motifs is 1. The van der Waals surface area contributed by atoms with Crippen molar-refractivity contribution in [1.29, 1.82) is 0 Å². The molecule has 14 heavy (non-hydrogen) atoms. The second-order valence-electron chi connectivity index (χ2n) is 2.89. The summed E-state index contributed by atoms with van der Waals surface area (Å²) in [6, 6.07) is 0. The van der Waals surface area contributed by atoms with Crippen molar-refractivity contribution in [2.45, 2.75) is 9.24 Å². The van der Waals surface area contributed by atoms with Crippen molar-refractivity contribution < 1.29 is 4.57 Å². The van der Waals surface area contributed by atoms with E-state index in [1.54, 1.807) is 34.9 Å². The molecule has 5 heteroatoms. The van der Waals surface area contributed by atoms with Crippen molar-refractivity contribution in [1.82, 2.24) is 4.98 Å². The molecule has 0 aliphatic rings. The summed E-state index contributed by atoms with van der Waals surface area (Å²) >= 11 is 5.26. The number of thioether (sulfide) groups is 2. The summed E-state index contributed by atoms with van der Waals surface area (Å²) in [4.78, 5) is 5.86. The summed E-state index contributed by atoms with van der Waals surface area (Å²) in [7, 11) is 2.04. The largest absolute Gasteiger partial charge is 0.223 e. The minimum atomic E-state index is 1.11. The van der Waals surface area contributed by atoms with Gasteiger partial charge in [0, 0.05) is 0 Å². The standard InChI is InChI=1S/C9H11N2S3/c1-11-4-6-8(7(5-11)12-2)14-9(10-6)13-3/h4-5H,1-3H3/q+1. The molecule has 0 fully saturated rings. The number of hydrogen-bond acceptors (Lipinski definition) is 4. The molecule has 0 radical (unpaired) electrons. The van der Waals surface area contributed by atoms with Gasteiger partial charge in [0.05, 0.1) is 9.60 Å². The van der Waals surface area contributed by atoms with E-state index < -0.39 is 0 Å². The first-order valence-corrected chi connectivity index (χ1v) is 7.39. The minimum absolute atomic E-state index is 1.11. The maximum Gasteiger partial charge on any atom is 0.196 e. The number of aryl methyl sites for hydroxylation is 1. The van der Waals surface area contributed by atoms with Gasteiger partial charge in [-0.15, -0.1) is 23.1 Å². The lowest BCUT2D eigenvalue weighted by molar-refractivity contribution is -0.672. The third-order valence-electron chi connectivity index (χ3n) is 1.90.